The highest BCUT2D eigenvalue weighted by atomic mass is 16.7. The van der Waals surface area contributed by atoms with Crippen molar-refractivity contribution in [3.63, 3.8) is 0 Å². The van der Waals surface area contributed by atoms with Gasteiger partial charge in [-0.15, -0.1) is 0 Å². The number of hydrogen-bond donors (Lipinski definition) is 1. The van der Waals surface area contributed by atoms with E-state index in [0.29, 0.717) is 6.42 Å². The van der Waals surface area contributed by atoms with E-state index in [9.17, 15) is 9.59 Å². The van der Waals surface area contributed by atoms with E-state index in [4.69, 9.17) is 14.2 Å². The maximum absolute atomic E-state index is 13.4. The van der Waals surface area contributed by atoms with E-state index in [1.165, 1.54) is 7.11 Å². The molecule has 4 rings (SSSR count). The predicted molar refractivity (Wildman–Crippen MR) is 111 cm³/mol. The number of methoxy groups -OCH3 is 1. The maximum Gasteiger partial charge on any atom is 0.327 e. The molecule has 0 amide bonds. The van der Waals surface area contributed by atoms with Crippen molar-refractivity contribution in [3.8, 4) is 0 Å². The monoisotopic (exact) mass is 409 g/mol. The van der Waals surface area contributed by atoms with Crippen molar-refractivity contribution in [3.05, 3.63) is 71.8 Å². The van der Waals surface area contributed by atoms with Crippen molar-refractivity contribution in [2.75, 3.05) is 20.3 Å². The molecule has 2 unspecified atom stereocenters. The minimum absolute atomic E-state index is 0.144. The fourth-order valence-corrected chi connectivity index (χ4v) is 4.83. The zero-order chi connectivity index (χ0) is 21.1. The number of carbonyl (C=O) groups excluding carboxylic acids is 2. The van der Waals surface area contributed by atoms with Gasteiger partial charge in [0.1, 0.15) is 5.54 Å². The zero-order valence-corrected chi connectivity index (χ0v) is 17.2. The van der Waals surface area contributed by atoms with E-state index >= 15 is 0 Å². The standard InChI is InChI=1S/C24H27NO5/c1-3-29-23(27)24(14-16-10-6-4-7-11-16)18-15-30-22(28-2)21(26)19(18)20(25-24)17-12-8-5-9-13-17/h4-13,18-20,22,25H,3,14-15H2,1-2H3/t18?,19?,20-,22+,24-/m0/s1. The average Bonchev–Trinajstić information content (AvgIpc) is 3.12. The normalized spacial score (nSPS) is 30.7. The quantitative estimate of drug-likeness (QED) is 0.740. The van der Waals surface area contributed by atoms with E-state index in [-0.39, 0.29) is 36.9 Å². The minimum Gasteiger partial charge on any atom is -0.465 e. The lowest BCUT2D eigenvalue weighted by atomic mass is 9.72. The Morgan fingerprint density at radius 2 is 1.80 bits per heavy atom. The van der Waals surface area contributed by atoms with Crippen LogP contribution in [-0.2, 0) is 30.2 Å². The van der Waals surface area contributed by atoms with Crippen LogP contribution in [0.3, 0.4) is 0 Å². The van der Waals surface area contributed by atoms with E-state index in [1.807, 2.05) is 60.7 Å². The summed E-state index contributed by atoms with van der Waals surface area (Å²) in [7, 11) is 1.46. The Bertz CT molecular complexity index is 887. The number of nitrogens with one attached hydrogen (secondary N) is 1. The summed E-state index contributed by atoms with van der Waals surface area (Å²) in [6.07, 6.45) is -0.514. The Hall–Kier alpha value is -2.54. The maximum atomic E-state index is 13.4. The first-order valence-electron chi connectivity index (χ1n) is 10.3. The second-order valence-corrected chi connectivity index (χ2v) is 7.82. The number of rotatable bonds is 6. The fraction of sp³-hybridized carbons (Fsp3) is 0.417. The van der Waals surface area contributed by atoms with Gasteiger partial charge in [-0.25, -0.2) is 0 Å². The van der Waals surface area contributed by atoms with Gasteiger partial charge in [0.2, 0.25) is 6.29 Å². The van der Waals surface area contributed by atoms with E-state index in [0.717, 1.165) is 11.1 Å². The number of ketones is 1. The summed E-state index contributed by atoms with van der Waals surface area (Å²) in [4.78, 5) is 26.7. The van der Waals surface area contributed by atoms with Crippen LogP contribution < -0.4 is 5.32 Å². The third kappa shape index (κ3) is 3.55. The third-order valence-corrected chi connectivity index (χ3v) is 6.16. The van der Waals surface area contributed by atoms with Gasteiger partial charge in [0.25, 0.3) is 0 Å². The van der Waals surface area contributed by atoms with Gasteiger partial charge >= 0.3 is 5.97 Å². The summed E-state index contributed by atoms with van der Waals surface area (Å²) in [5.74, 6) is -1.33. The van der Waals surface area contributed by atoms with Crippen LogP contribution in [0.1, 0.15) is 24.1 Å². The van der Waals surface area contributed by atoms with Gasteiger partial charge in [0.05, 0.1) is 13.2 Å². The van der Waals surface area contributed by atoms with E-state index in [2.05, 4.69) is 5.32 Å². The summed E-state index contributed by atoms with van der Waals surface area (Å²) < 4.78 is 16.5. The lowest BCUT2D eigenvalue weighted by molar-refractivity contribution is -0.190. The van der Waals surface area contributed by atoms with E-state index < -0.39 is 17.7 Å². The van der Waals surface area contributed by atoms with Gasteiger partial charge in [-0.2, -0.15) is 0 Å². The molecule has 5 atom stereocenters. The molecule has 2 saturated heterocycles. The summed E-state index contributed by atoms with van der Waals surface area (Å²) >= 11 is 0. The molecule has 2 aliphatic heterocycles. The molecule has 0 spiro atoms. The van der Waals surface area contributed by atoms with Crippen LogP contribution in [0, 0.1) is 11.8 Å². The van der Waals surface area contributed by atoms with Crippen LogP contribution in [0.4, 0.5) is 0 Å². The zero-order valence-electron chi connectivity index (χ0n) is 17.2. The highest BCUT2D eigenvalue weighted by Crippen LogP contribution is 2.48. The Morgan fingerprint density at radius 3 is 2.43 bits per heavy atom. The van der Waals surface area contributed by atoms with Gasteiger partial charge in [0, 0.05) is 31.4 Å². The molecule has 1 N–H and O–H groups in total. The molecule has 6 nitrogen and oxygen atoms in total. The molecule has 2 aromatic rings. The first-order chi connectivity index (χ1) is 14.6. The van der Waals surface area contributed by atoms with Gasteiger partial charge in [0.15, 0.2) is 5.78 Å². The summed E-state index contributed by atoms with van der Waals surface area (Å²) in [6.45, 7) is 2.29. The molecule has 30 heavy (non-hydrogen) atoms. The number of Topliss-reactive ketones (excluding diaryl/α,β-unsaturated/α-hetero) is 1. The highest BCUT2D eigenvalue weighted by molar-refractivity contribution is 5.91. The molecular formula is C24H27NO5. The average molecular weight is 409 g/mol. The van der Waals surface area contributed by atoms with Crippen LogP contribution in [0.2, 0.25) is 0 Å². The topological polar surface area (TPSA) is 73.9 Å². The molecule has 0 saturated carbocycles. The molecule has 2 heterocycles. The second kappa shape index (κ2) is 8.68. The summed E-state index contributed by atoms with van der Waals surface area (Å²) in [6, 6.07) is 19.2. The number of ether oxygens (including phenoxy) is 3. The van der Waals surface area contributed by atoms with Crippen molar-refractivity contribution < 1.29 is 23.8 Å². The summed E-state index contributed by atoms with van der Waals surface area (Å²) in [5, 5.41) is 3.54. The Kier molecular flexibility index (Phi) is 5.99. The number of hydrogen-bond acceptors (Lipinski definition) is 6. The van der Waals surface area contributed by atoms with Crippen LogP contribution >= 0.6 is 0 Å². The first kappa shape index (κ1) is 20.7. The largest absolute Gasteiger partial charge is 0.465 e. The van der Waals surface area contributed by atoms with Crippen LogP contribution in [0.15, 0.2) is 60.7 Å². The SMILES string of the molecule is CCOC(=O)[C@@]1(Cc2ccccc2)N[C@@H](c2ccccc2)C2C(=O)[C@H](OC)OCC21. The predicted octanol–water partition coefficient (Wildman–Crippen LogP) is 2.68. The third-order valence-electron chi connectivity index (χ3n) is 6.16. The molecule has 0 bridgehead atoms. The second-order valence-electron chi connectivity index (χ2n) is 7.82. The number of benzene rings is 2. The van der Waals surface area contributed by atoms with Crippen molar-refractivity contribution in [1.29, 1.82) is 0 Å². The van der Waals surface area contributed by atoms with Gasteiger partial charge in [-0.05, 0) is 18.1 Å². The minimum atomic E-state index is -1.07. The Morgan fingerprint density at radius 1 is 1.13 bits per heavy atom. The number of fused-ring (bicyclic) bond motifs is 1. The fourth-order valence-electron chi connectivity index (χ4n) is 4.83. The molecular weight excluding hydrogens is 382 g/mol. The van der Waals surface area contributed by atoms with Crippen LogP contribution in [0.25, 0.3) is 0 Å². The lowest BCUT2D eigenvalue weighted by Gasteiger charge is -2.38. The first-order valence-corrected chi connectivity index (χ1v) is 10.3. The van der Waals surface area contributed by atoms with Crippen molar-refractivity contribution in [2.24, 2.45) is 11.8 Å². The molecule has 2 fully saturated rings. The molecule has 0 aliphatic carbocycles. The molecule has 158 valence electrons. The van der Waals surface area contributed by atoms with Crippen LogP contribution in [-0.4, -0.2) is 43.9 Å². The van der Waals surface area contributed by atoms with Crippen molar-refractivity contribution in [1.82, 2.24) is 5.32 Å². The number of esters is 1. The van der Waals surface area contributed by atoms with Gasteiger partial charge in [-0.3, -0.25) is 14.9 Å². The lowest BCUT2D eigenvalue weighted by Crippen LogP contribution is -2.58. The summed E-state index contributed by atoms with van der Waals surface area (Å²) in [5.41, 5.74) is 0.875. The highest BCUT2D eigenvalue weighted by Gasteiger charge is 2.63. The van der Waals surface area contributed by atoms with Crippen molar-refractivity contribution >= 4 is 11.8 Å². The van der Waals surface area contributed by atoms with Crippen LogP contribution in [0.5, 0.6) is 0 Å². The van der Waals surface area contributed by atoms with Gasteiger partial charge < -0.3 is 14.2 Å². The number of carbonyl (C=O) groups is 2. The molecule has 0 radical (unpaired) electrons. The molecule has 2 aromatic carbocycles. The molecule has 2 aliphatic rings. The molecule has 0 aromatic heterocycles. The van der Waals surface area contributed by atoms with E-state index in [1.54, 1.807) is 6.92 Å². The Balaban J connectivity index is 1.81. The Labute approximate surface area is 176 Å². The van der Waals surface area contributed by atoms with Gasteiger partial charge in [-0.1, -0.05) is 60.7 Å². The van der Waals surface area contributed by atoms with Crippen molar-refractivity contribution in [2.45, 2.75) is 31.2 Å². The molecule has 6 heteroatoms. The smallest absolute Gasteiger partial charge is 0.327 e.